The Morgan fingerprint density at radius 3 is 2.55 bits per heavy atom. The summed E-state index contributed by atoms with van der Waals surface area (Å²) in [6.45, 7) is 8.14. The van der Waals surface area contributed by atoms with Crippen molar-refractivity contribution in [1.82, 2.24) is 15.2 Å². The molecule has 0 atom stereocenters. The molecule has 9 nitrogen and oxygen atoms in total. The van der Waals surface area contributed by atoms with E-state index < -0.39 is 5.41 Å². The molecule has 176 valence electrons. The third-order valence-electron chi connectivity index (χ3n) is 5.49. The molecule has 0 fully saturated rings. The molecular formula is C24H30N4O5. The lowest BCUT2D eigenvalue weighted by atomic mass is 9.84. The number of rotatable bonds is 7. The maximum Gasteiger partial charge on any atom is 0.256 e. The first kappa shape index (κ1) is 24.0. The fourth-order valence-corrected chi connectivity index (χ4v) is 3.73. The van der Waals surface area contributed by atoms with Gasteiger partial charge in [-0.15, -0.1) is 0 Å². The first-order chi connectivity index (χ1) is 15.5. The Morgan fingerprint density at radius 2 is 1.97 bits per heavy atom. The van der Waals surface area contributed by atoms with Crippen molar-refractivity contribution < 1.29 is 24.2 Å². The van der Waals surface area contributed by atoms with Crippen LogP contribution in [0.25, 0.3) is 0 Å². The summed E-state index contributed by atoms with van der Waals surface area (Å²) in [5, 5.41) is 21.6. The quantitative estimate of drug-likeness (QED) is 0.549. The Hall–Kier alpha value is -3.62. The summed E-state index contributed by atoms with van der Waals surface area (Å²) >= 11 is 0. The first-order valence-electron chi connectivity index (χ1n) is 10.7. The number of fused-ring (bicyclic) bond motifs is 1. The molecule has 0 spiro atoms. The minimum atomic E-state index is -0.403. The Labute approximate surface area is 193 Å². The lowest BCUT2D eigenvalue weighted by molar-refractivity contribution is 0.0952. The SMILES string of the molecule is CCOc1nc2c(cc1C(=O)NC)C(=N)N(CC(=O)c1cc(OC)c(O)c(C(C)(C)C)c1)C2. The monoisotopic (exact) mass is 454 g/mol. The van der Waals surface area contributed by atoms with Crippen LogP contribution < -0.4 is 14.8 Å². The molecule has 1 aliphatic rings. The van der Waals surface area contributed by atoms with Crippen LogP contribution in [0.4, 0.5) is 0 Å². The van der Waals surface area contributed by atoms with Crippen LogP contribution >= 0.6 is 0 Å². The number of hydrogen-bond acceptors (Lipinski definition) is 7. The van der Waals surface area contributed by atoms with Gasteiger partial charge in [-0.05, 0) is 30.5 Å². The van der Waals surface area contributed by atoms with E-state index in [1.54, 1.807) is 24.0 Å². The van der Waals surface area contributed by atoms with Crippen molar-refractivity contribution in [2.24, 2.45) is 0 Å². The molecule has 0 saturated carbocycles. The van der Waals surface area contributed by atoms with E-state index in [0.29, 0.717) is 29.0 Å². The van der Waals surface area contributed by atoms with E-state index in [2.05, 4.69) is 10.3 Å². The zero-order valence-electron chi connectivity index (χ0n) is 19.8. The van der Waals surface area contributed by atoms with E-state index in [0.717, 1.165) is 0 Å². The number of benzene rings is 1. The molecule has 1 aromatic heterocycles. The van der Waals surface area contributed by atoms with E-state index in [1.165, 1.54) is 20.2 Å². The summed E-state index contributed by atoms with van der Waals surface area (Å²) in [5.74, 6) is -0.0357. The number of aromatic nitrogens is 1. The average Bonchev–Trinajstić information content (AvgIpc) is 3.06. The smallest absolute Gasteiger partial charge is 0.256 e. The van der Waals surface area contributed by atoms with Crippen LogP contribution in [-0.4, -0.2) is 59.8 Å². The van der Waals surface area contributed by atoms with E-state index in [-0.39, 0.29) is 53.6 Å². The fourth-order valence-electron chi connectivity index (χ4n) is 3.73. The van der Waals surface area contributed by atoms with Gasteiger partial charge < -0.3 is 24.8 Å². The second-order valence-electron chi connectivity index (χ2n) is 8.80. The van der Waals surface area contributed by atoms with Crippen LogP contribution in [0, 0.1) is 5.41 Å². The molecule has 3 rings (SSSR count). The van der Waals surface area contributed by atoms with Crippen molar-refractivity contribution in [1.29, 1.82) is 5.41 Å². The highest BCUT2D eigenvalue weighted by Crippen LogP contribution is 2.39. The number of carbonyl (C=O) groups is 2. The Morgan fingerprint density at radius 1 is 1.27 bits per heavy atom. The van der Waals surface area contributed by atoms with Crippen molar-refractivity contribution in [3.8, 4) is 17.4 Å². The van der Waals surface area contributed by atoms with Crippen LogP contribution in [0.3, 0.4) is 0 Å². The van der Waals surface area contributed by atoms with Gasteiger partial charge in [0.1, 0.15) is 11.4 Å². The molecule has 9 heteroatoms. The summed E-state index contributed by atoms with van der Waals surface area (Å²) in [5.41, 5.74) is 1.89. The molecule has 0 bridgehead atoms. The number of Topliss-reactive ketones (excluding diaryl/α,β-unsaturated/α-hetero) is 1. The van der Waals surface area contributed by atoms with Crippen molar-refractivity contribution in [2.75, 3.05) is 27.3 Å². The molecular weight excluding hydrogens is 424 g/mol. The standard InChI is InChI=1S/C24H30N4O5/c1-7-33-23-15(22(31)26-5)10-14-17(27-23)11-28(21(14)25)12-18(29)13-8-16(24(2,3)4)20(30)19(9-13)32-6/h8-10,25,30H,7,11-12H2,1-6H3,(H,26,31). The number of nitrogens with zero attached hydrogens (tertiary/aromatic N) is 2. The van der Waals surface area contributed by atoms with Crippen molar-refractivity contribution in [3.63, 3.8) is 0 Å². The van der Waals surface area contributed by atoms with Crippen molar-refractivity contribution in [2.45, 2.75) is 39.7 Å². The maximum absolute atomic E-state index is 13.2. The molecule has 0 radical (unpaired) electrons. The lowest BCUT2D eigenvalue weighted by Crippen LogP contribution is -2.30. The number of phenolic OH excluding ortho intramolecular Hbond substituents is 1. The molecule has 2 aromatic rings. The normalized spacial score (nSPS) is 13.0. The summed E-state index contributed by atoms with van der Waals surface area (Å²) in [4.78, 5) is 31.5. The Bertz CT molecular complexity index is 1120. The number of pyridine rings is 1. The Balaban J connectivity index is 1.91. The van der Waals surface area contributed by atoms with Gasteiger partial charge in [-0.1, -0.05) is 20.8 Å². The number of phenols is 1. The van der Waals surface area contributed by atoms with Gasteiger partial charge in [0.25, 0.3) is 5.91 Å². The maximum atomic E-state index is 13.2. The molecule has 33 heavy (non-hydrogen) atoms. The number of amidine groups is 1. The van der Waals surface area contributed by atoms with Crippen LogP contribution in [0.15, 0.2) is 18.2 Å². The van der Waals surface area contributed by atoms with Crippen LogP contribution in [0.2, 0.25) is 0 Å². The first-order valence-corrected chi connectivity index (χ1v) is 10.7. The van der Waals surface area contributed by atoms with Crippen molar-refractivity contribution >= 4 is 17.5 Å². The van der Waals surface area contributed by atoms with Gasteiger partial charge in [-0.2, -0.15) is 0 Å². The van der Waals surface area contributed by atoms with Gasteiger partial charge in [0.2, 0.25) is 5.88 Å². The number of amides is 1. The highest BCUT2D eigenvalue weighted by atomic mass is 16.5. The van der Waals surface area contributed by atoms with E-state index in [9.17, 15) is 14.7 Å². The van der Waals surface area contributed by atoms with Crippen LogP contribution in [-0.2, 0) is 12.0 Å². The predicted molar refractivity (Wildman–Crippen MR) is 124 cm³/mol. The lowest BCUT2D eigenvalue weighted by Gasteiger charge is -2.23. The number of aromatic hydroxyl groups is 1. The van der Waals surface area contributed by atoms with Crippen LogP contribution in [0.5, 0.6) is 17.4 Å². The number of hydrogen-bond donors (Lipinski definition) is 3. The van der Waals surface area contributed by atoms with E-state index in [1.807, 2.05) is 20.8 Å². The molecule has 0 aliphatic carbocycles. The van der Waals surface area contributed by atoms with Crippen molar-refractivity contribution in [3.05, 3.63) is 46.1 Å². The summed E-state index contributed by atoms with van der Waals surface area (Å²) in [7, 11) is 2.95. The fraction of sp³-hybridized carbons (Fsp3) is 0.417. The molecule has 2 heterocycles. The van der Waals surface area contributed by atoms with E-state index >= 15 is 0 Å². The zero-order valence-corrected chi connectivity index (χ0v) is 19.8. The van der Waals surface area contributed by atoms with Gasteiger partial charge >= 0.3 is 0 Å². The molecule has 1 aromatic carbocycles. The molecule has 1 amide bonds. The highest BCUT2D eigenvalue weighted by Gasteiger charge is 2.31. The molecule has 1 aliphatic heterocycles. The largest absolute Gasteiger partial charge is 0.504 e. The second-order valence-corrected chi connectivity index (χ2v) is 8.80. The molecule has 3 N–H and O–H groups in total. The van der Waals surface area contributed by atoms with Gasteiger partial charge in [-0.25, -0.2) is 4.98 Å². The topological polar surface area (TPSA) is 125 Å². The number of ketones is 1. The van der Waals surface area contributed by atoms with E-state index in [4.69, 9.17) is 14.9 Å². The predicted octanol–water partition coefficient (Wildman–Crippen LogP) is 2.88. The average molecular weight is 455 g/mol. The number of methoxy groups -OCH3 is 1. The molecule has 0 unspecified atom stereocenters. The minimum absolute atomic E-state index is 0.0113. The number of nitrogens with one attached hydrogen (secondary N) is 2. The minimum Gasteiger partial charge on any atom is -0.504 e. The van der Waals surface area contributed by atoms with Gasteiger partial charge in [-0.3, -0.25) is 15.0 Å². The second kappa shape index (κ2) is 9.09. The molecule has 0 saturated heterocycles. The van der Waals surface area contributed by atoms with Gasteiger partial charge in [0.15, 0.2) is 17.3 Å². The third kappa shape index (κ3) is 4.62. The van der Waals surface area contributed by atoms with Gasteiger partial charge in [0.05, 0.1) is 32.5 Å². The summed E-state index contributed by atoms with van der Waals surface area (Å²) in [6.07, 6.45) is 0. The summed E-state index contributed by atoms with van der Waals surface area (Å²) < 4.78 is 10.8. The number of ether oxygens (including phenoxy) is 2. The highest BCUT2D eigenvalue weighted by molar-refractivity contribution is 6.07. The number of carbonyl (C=O) groups excluding carboxylic acids is 2. The van der Waals surface area contributed by atoms with Gasteiger partial charge in [0, 0.05) is 23.7 Å². The zero-order chi connectivity index (χ0) is 24.5. The summed E-state index contributed by atoms with van der Waals surface area (Å²) in [6, 6.07) is 4.76. The Kier molecular flexibility index (Phi) is 6.62. The van der Waals surface area contributed by atoms with Crippen LogP contribution in [0.1, 0.15) is 65.2 Å². The third-order valence-corrected chi connectivity index (χ3v) is 5.49.